The van der Waals surface area contributed by atoms with Gasteiger partial charge in [-0.3, -0.25) is 9.48 Å². The van der Waals surface area contributed by atoms with Crippen LogP contribution in [0.1, 0.15) is 31.9 Å². The number of aromatic nitrogens is 2. The number of nitrogens with zero attached hydrogens (tertiary/aromatic N) is 2. The van der Waals surface area contributed by atoms with Crippen molar-refractivity contribution in [1.82, 2.24) is 9.78 Å². The van der Waals surface area contributed by atoms with Crippen molar-refractivity contribution in [3.05, 3.63) is 98.3 Å². The smallest absolute Gasteiger partial charge is 0.266 e. The molecule has 7 heteroatoms. The number of nitrogens with one attached hydrogen (secondary N) is 1. The molecule has 0 aliphatic carbocycles. The van der Waals surface area contributed by atoms with E-state index in [1.165, 1.54) is 11.3 Å². The Morgan fingerprint density at radius 3 is 2.55 bits per heavy atom. The fourth-order valence-electron chi connectivity index (χ4n) is 3.22. The summed E-state index contributed by atoms with van der Waals surface area (Å²) in [5.74, 6) is 1.17. The molecule has 5 nitrogen and oxygen atoms in total. The first-order chi connectivity index (χ1) is 14.9. The lowest BCUT2D eigenvalue weighted by atomic mass is 10.1. The number of anilines is 1. The van der Waals surface area contributed by atoms with Gasteiger partial charge < -0.3 is 10.1 Å². The van der Waals surface area contributed by atoms with Crippen molar-refractivity contribution in [2.24, 2.45) is 0 Å². The summed E-state index contributed by atoms with van der Waals surface area (Å²) in [6, 6.07) is 17.4. The standard InChI is InChI=1S/C24H22ClN3O2S/c1-16-9-17(2)11-21(10-16)30-14-19-12-22(31-15-19)24(29)26-23-7-8-28(27-23)13-18-3-5-20(25)6-4-18/h3-12,15H,13-14H2,1-2H3,(H,26,27,29). The van der Waals surface area contributed by atoms with Gasteiger partial charge >= 0.3 is 0 Å². The van der Waals surface area contributed by atoms with Gasteiger partial charge in [-0.05, 0) is 66.2 Å². The third-order valence-electron chi connectivity index (χ3n) is 4.62. The molecule has 0 saturated carbocycles. The minimum Gasteiger partial charge on any atom is -0.489 e. The topological polar surface area (TPSA) is 56.1 Å². The van der Waals surface area contributed by atoms with Crippen molar-refractivity contribution in [3.8, 4) is 5.75 Å². The first-order valence-electron chi connectivity index (χ1n) is 9.82. The Balaban J connectivity index is 1.33. The van der Waals surface area contributed by atoms with Gasteiger partial charge in [-0.15, -0.1) is 11.3 Å². The first-order valence-corrected chi connectivity index (χ1v) is 11.1. The number of carbonyl (C=O) groups is 1. The Hall–Kier alpha value is -3.09. The number of hydrogen-bond acceptors (Lipinski definition) is 4. The fourth-order valence-corrected chi connectivity index (χ4v) is 4.14. The first kappa shape index (κ1) is 21.2. The molecule has 1 N–H and O–H groups in total. The summed E-state index contributed by atoms with van der Waals surface area (Å²) in [4.78, 5) is 13.2. The van der Waals surface area contributed by atoms with Crippen LogP contribution in [0.2, 0.25) is 5.02 Å². The van der Waals surface area contributed by atoms with Crippen LogP contribution in [-0.2, 0) is 13.2 Å². The maximum atomic E-state index is 12.6. The molecule has 0 atom stereocenters. The second kappa shape index (κ2) is 9.37. The summed E-state index contributed by atoms with van der Waals surface area (Å²) in [6.45, 7) is 5.11. The molecule has 2 aromatic heterocycles. The van der Waals surface area contributed by atoms with Gasteiger partial charge in [0.2, 0.25) is 0 Å². The second-order valence-electron chi connectivity index (χ2n) is 7.41. The highest BCUT2D eigenvalue weighted by molar-refractivity contribution is 7.12. The van der Waals surface area contributed by atoms with Gasteiger partial charge in [0.15, 0.2) is 5.82 Å². The summed E-state index contributed by atoms with van der Waals surface area (Å²) in [7, 11) is 0. The maximum absolute atomic E-state index is 12.6. The summed E-state index contributed by atoms with van der Waals surface area (Å²) < 4.78 is 7.66. The van der Waals surface area contributed by atoms with E-state index in [4.69, 9.17) is 16.3 Å². The van der Waals surface area contributed by atoms with E-state index in [0.29, 0.717) is 28.9 Å². The number of ether oxygens (including phenoxy) is 1. The Morgan fingerprint density at radius 1 is 1.06 bits per heavy atom. The van der Waals surface area contributed by atoms with Crippen LogP contribution in [0.4, 0.5) is 5.82 Å². The third kappa shape index (κ3) is 5.75. The molecular formula is C24H22ClN3O2S. The largest absolute Gasteiger partial charge is 0.489 e. The number of hydrogen-bond donors (Lipinski definition) is 1. The van der Waals surface area contributed by atoms with Crippen LogP contribution in [0, 0.1) is 13.8 Å². The van der Waals surface area contributed by atoms with Crippen molar-refractivity contribution in [2.45, 2.75) is 27.0 Å². The summed E-state index contributed by atoms with van der Waals surface area (Å²) >= 11 is 7.31. The average Bonchev–Trinajstić information content (AvgIpc) is 3.37. The van der Waals surface area contributed by atoms with Crippen molar-refractivity contribution in [3.63, 3.8) is 0 Å². The van der Waals surface area contributed by atoms with Gasteiger partial charge in [0.25, 0.3) is 5.91 Å². The maximum Gasteiger partial charge on any atom is 0.266 e. The zero-order valence-electron chi connectivity index (χ0n) is 17.3. The quantitative estimate of drug-likeness (QED) is 0.369. The summed E-state index contributed by atoms with van der Waals surface area (Å²) in [5, 5.41) is 9.92. The summed E-state index contributed by atoms with van der Waals surface area (Å²) in [6.07, 6.45) is 1.84. The minimum absolute atomic E-state index is 0.181. The number of carbonyl (C=O) groups excluding carboxylic acids is 1. The van der Waals surface area contributed by atoms with E-state index in [9.17, 15) is 4.79 Å². The molecule has 0 bridgehead atoms. The molecule has 2 aromatic carbocycles. The Bertz CT molecular complexity index is 1180. The van der Waals surface area contributed by atoms with Crippen LogP contribution < -0.4 is 10.1 Å². The molecule has 1 amide bonds. The molecule has 0 aliphatic rings. The van der Waals surface area contributed by atoms with E-state index in [0.717, 1.165) is 28.0 Å². The molecule has 31 heavy (non-hydrogen) atoms. The van der Waals surface area contributed by atoms with Crippen LogP contribution >= 0.6 is 22.9 Å². The van der Waals surface area contributed by atoms with Crippen LogP contribution in [0.25, 0.3) is 0 Å². The Labute approximate surface area is 190 Å². The lowest BCUT2D eigenvalue weighted by molar-refractivity contribution is 0.103. The van der Waals surface area contributed by atoms with E-state index >= 15 is 0 Å². The van der Waals surface area contributed by atoms with Gasteiger partial charge in [0.05, 0.1) is 11.4 Å². The van der Waals surface area contributed by atoms with E-state index in [1.807, 2.05) is 67.9 Å². The number of benzene rings is 2. The Morgan fingerprint density at radius 2 is 1.81 bits per heavy atom. The molecule has 0 aliphatic heterocycles. The minimum atomic E-state index is -0.181. The lowest BCUT2D eigenvalue weighted by Crippen LogP contribution is -2.11. The van der Waals surface area contributed by atoms with E-state index < -0.39 is 0 Å². The molecule has 4 aromatic rings. The van der Waals surface area contributed by atoms with E-state index in [1.54, 1.807) is 10.7 Å². The molecule has 0 spiro atoms. The molecule has 4 rings (SSSR count). The van der Waals surface area contributed by atoms with Crippen LogP contribution in [0.3, 0.4) is 0 Å². The molecule has 2 heterocycles. The van der Waals surface area contributed by atoms with Gasteiger partial charge in [0, 0.05) is 22.8 Å². The third-order valence-corrected chi connectivity index (χ3v) is 5.85. The molecule has 0 saturated heterocycles. The van der Waals surface area contributed by atoms with Gasteiger partial charge in [-0.2, -0.15) is 5.10 Å². The van der Waals surface area contributed by atoms with Crippen molar-refractivity contribution in [2.75, 3.05) is 5.32 Å². The van der Waals surface area contributed by atoms with Crippen LogP contribution in [-0.4, -0.2) is 15.7 Å². The molecule has 158 valence electrons. The van der Waals surface area contributed by atoms with Crippen LogP contribution in [0.15, 0.2) is 66.2 Å². The van der Waals surface area contributed by atoms with Gasteiger partial charge in [0.1, 0.15) is 12.4 Å². The van der Waals surface area contributed by atoms with Gasteiger partial charge in [-0.25, -0.2) is 0 Å². The Kier molecular flexibility index (Phi) is 6.39. The second-order valence-corrected chi connectivity index (χ2v) is 8.76. The SMILES string of the molecule is Cc1cc(C)cc(OCc2csc(C(=O)Nc3ccn(Cc4ccc(Cl)cc4)n3)c2)c1. The number of aryl methyl sites for hydroxylation is 2. The monoisotopic (exact) mass is 451 g/mol. The molecule has 0 fully saturated rings. The zero-order chi connectivity index (χ0) is 21.8. The number of thiophene rings is 1. The highest BCUT2D eigenvalue weighted by Crippen LogP contribution is 2.21. The van der Waals surface area contributed by atoms with E-state index in [2.05, 4.69) is 16.5 Å². The molecule has 0 unspecified atom stereocenters. The highest BCUT2D eigenvalue weighted by atomic mass is 35.5. The van der Waals surface area contributed by atoms with Gasteiger partial charge in [-0.1, -0.05) is 29.8 Å². The van der Waals surface area contributed by atoms with E-state index in [-0.39, 0.29) is 5.91 Å². The average molecular weight is 452 g/mol. The predicted octanol–water partition coefficient (Wildman–Crippen LogP) is 6.09. The highest BCUT2D eigenvalue weighted by Gasteiger charge is 2.12. The number of rotatable bonds is 7. The predicted molar refractivity (Wildman–Crippen MR) is 125 cm³/mol. The normalized spacial score (nSPS) is 10.8. The number of amides is 1. The molecular weight excluding hydrogens is 430 g/mol. The van der Waals surface area contributed by atoms with Crippen molar-refractivity contribution in [1.29, 1.82) is 0 Å². The molecule has 0 radical (unpaired) electrons. The zero-order valence-corrected chi connectivity index (χ0v) is 18.8. The van der Waals surface area contributed by atoms with Crippen molar-refractivity contribution < 1.29 is 9.53 Å². The van der Waals surface area contributed by atoms with Crippen molar-refractivity contribution >= 4 is 34.7 Å². The number of halogens is 1. The fraction of sp³-hybridized carbons (Fsp3) is 0.167. The summed E-state index contributed by atoms with van der Waals surface area (Å²) in [5.41, 5.74) is 4.37. The lowest BCUT2D eigenvalue weighted by Gasteiger charge is -2.07. The van der Waals surface area contributed by atoms with Crippen LogP contribution in [0.5, 0.6) is 5.75 Å².